The zero-order valence-corrected chi connectivity index (χ0v) is 14.7. The highest BCUT2D eigenvalue weighted by Gasteiger charge is 2.40. The van der Waals surface area contributed by atoms with Crippen molar-refractivity contribution in [2.24, 2.45) is 0 Å². The third kappa shape index (κ3) is 4.05. The minimum atomic E-state index is -4.95. The molecule has 1 unspecified atom stereocenters. The molecule has 2 heterocycles. The molecule has 0 spiro atoms. The molecule has 2 aromatic rings. The van der Waals surface area contributed by atoms with Crippen molar-refractivity contribution in [1.82, 2.24) is 10.3 Å². The second-order valence-corrected chi connectivity index (χ2v) is 6.87. The van der Waals surface area contributed by atoms with Gasteiger partial charge in [-0.1, -0.05) is 0 Å². The molecule has 1 fully saturated rings. The van der Waals surface area contributed by atoms with E-state index in [1.807, 2.05) is 0 Å². The maximum Gasteiger partial charge on any atom is 0.416 e. The topological polar surface area (TPSA) is 45.2 Å². The second-order valence-electron chi connectivity index (χ2n) is 5.61. The summed E-state index contributed by atoms with van der Waals surface area (Å²) in [6, 6.07) is 0.143. The Morgan fingerprint density at radius 1 is 1.11 bits per heavy atom. The molecule has 144 valence electrons. The number of anilines is 1. The van der Waals surface area contributed by atoms with Crippen molar-refractivity contribution in [3.05, 3.63) is 46.5 Å². The number of hydrogen-bond acceptors (Lipinski definition) is 4. The molecule has 0 saturated carbocycles. The van der Waals surface area contributed by atoms with E-state index in [1.54, 1.807) is 5.38 Å². The number of amides is 1. The Hall–Kier alpha value is -2.21. The highest BCUT2D eigenvalue weighted by Crippen LogP contribution is 2.36. The van der Waals surface area contributed by atoms with Crippen LogP contribution < -0.4 is 10.2 Å². The van der Waals surface area contributed by atoms with Crippen LogP contribution in [0.4, 0.5) is 31.5 Å². The van der Waals surface area contributed by atoms with Crippen molar-refractivity contribution < 1.29 is 31.1 Å². The number of carbonyl (C=O) groups is 1. The average molecular weight is 425 g/mol. The fourth-order valence-electron chi connectivity index (χ4n) is 2.55. The molecule has 1 aliphatic heterocycles. The lowest BCUT2D eigenvalue weighted by Gasteiger charge is -2.15. The summed E-state index contributed by atoms with van der Waals surface area (Å²) in [7, 11) is 0. The lowest BCUT2D eigenvalue weighted by Crippen LogP contribution is -2.32. The Morgan fingerprint density at radius 3 is 2.19 bits per heavy atom. The number of carbonyl (C=O) groups excluding carboxylic acids is 1. The molecule has 0 radical (unpaired) electrons. The molecule has 1 aliphatic rings. The van der Waals surface area contributed by atoms with Gasteiger partial charge in [-0.2, -0.15) is 26.3 Å². The minimum absolute atomic E-state index is 0.0111. The van der Waals surface area contributed by atoms with E-state index in [9.17, 15) is 31.1 Å². The Balaban J connectivity index is 1.91. The summed E-state index contributed by atoms with van der Waals surface area (Å²) in [5.74, 6) is -0.596. The second kappa shape index (κ2) is 6.75. The summed E-state index contributed by atoms with van der Waals surface area (Å²) >= 11 is 6.15. The van der Waals surface area contributed by atoms with E-state index in [0.29, 0.717) is 12.1 Å². The molecule has 1 saturated heterocycles. The quantitative estimate of drug-likeness (QED) is 0.596. The molecule has 3 rings (SSSR count). The molecule has 1 N–H and O–H groups in total. The Labute approximate surface area is 157 Å². The molecular weight excluding hydrogens is 416 g/mol. The predicted molar refractivity (Wildman–Crippen MR) is 89.3 cm³/mol. The summed E-state index contributed by atoms with van der Waals surface area (Å²) in [6.07, 6.45) is -8.86. The molecule has 12 heteroatoms. The standard InChI is InChI=1S/C15H9F6N3OS2/c16-14(17,18)8-3-7(4-9(6-8)15(19,20)21)5-10-11(25)24(12(26)23-10)13-22-1-2-27-13/h1-4,6,10H,5H2,(H,23,26). The Kier molecular flexibility index (Phi) is 4.89. The lowest BCUT2D eigenvalue weighted by molar-refractivity contribution is -0.143. The molecule has 1 aromatic heterocycles. The molecule has 0 aliphatic carbocycles. The highest BCUT2D eigenvalue weighted by atomic mass is 32.1. The molecule has 27 heavy (non-hydrogen) atoms. The van der Waals surface area contributed by atoms with Crippen LogP contribution in [-0.2, 0) is 23.6 Å². The van der Waals surface area contributed by atoms with E-state index in [2.05, 4.69) is 10.3 Å². The number of aromatic nitrogens is 1. The van der Waals surface area contributed by atoms with Gasteiger partial charge < -0.3 is 5.32 Å². The third-order valence-electron chi connectivity index (χ3n) is 3.72. The first kappa shape index (κ1) is 19.5. The number of nitrogens with one attached hydrogen (secondary N) is 1. The number of alkyl halides is 6. The average Bonchev–Trinajstić information content (AvgIpc) is 3.14. The van der Waals surface area contributed by atoms with Crippen LogP contribution >= 0.6 is 23.6 Å². The fraction of sp³-hybridized carbons (Fsp3) is 0.267. The van der Waals surface area contributed by atoms with Gasteiger partial charge in [-0.05, 0) is 36.0 Å². The van der Waals surface area contributed by atoms with Gasteiger partial charge in [-0.15, -0.1) is 11.3 Å². The molecule has 0 bridgehead atoms. The van der Waals surface area contributed by atoms with Crippen LogP contribution in [0.25, 0.3) is 0 Å². The monoisotopic (exact) mass is 425 g/mol. The van der Waals surface area contributed by atoms with Gasteiger partial charge in [0.2, 0.25) is 0 Å². The van der Waals surface area contributed by atoms with Crippen molar-refractivity contribution in [3.8, 4) is 0 Å². The molecule has 1 atom stereocenters. The van der Waals surface area contributed by atoms with E-state index in [4.69, 9.17) is 12.2 Å². The molecule has 1 aromatic carbocycles. The first-order valence-corrected chi connectivity index (χ1v) is 8.58. The van der Waals surface area contributed by atoms with Crippen LogP contribution in [0.2, 0.25) is 0 Å². The van der Waals surface area contributed by atoms with E-state index < -0.39 is 41.8 Å². The number of thiazole rings is 1. The van der Waals surface area contributed by atoms with Crippen LogP contribution in [-0.4, -0.2) is 22.0 Å². The number of nitrogens with zero attached hydrogens (tertiary/aromatic N) is 2. The van der Waals surface area contributed by atoms with E-state index in [1.165, 1.54) is 6.20 Å². The summed E-state index contributed by atoms with van der Waals surface area (Å²) in [5.41, 5.74) is -3.15. The number of hydrogen-bond donors (Lipinski definition) is 1. The minimum Gasteiger partial charge on any atom is -0.350 e. The summed E-state index contributed by atoms with van der Waals surface area (Å²) in [4.78, 5) is 17.5. The Bertz CT molecular complexity index is 846. The first-order chi connectivity index (χ1) is 12.5. The predicted octanol–water partition coefficient (Wildman–Crippen LogP) is 4.01. The van der Waals surface area contributed by atoms with Gasteiger partial charge in [0.25, 0.3) is 5.91 Å². The van der Waals surface area contributed by atoms with Crippen LogP contribution in [0, 0.1) is 0 Å². The van der Waals surface area contributed by atoms with E-state index in [0.717, 1.165) is 16.2 Å². The van der Waals surface area contributed by atoms with Crippen LogP contribution in [0.15, 0.2) is 29.8 Å². The van der Waals surface area contributed by atoms with Gasteiger partial charge in [0.05, 0.1) is 11.1 Å². The molecular formula is C15H9F6N3OS2. The van der Waals surface area contributed by atoms with Crippen LogP contribution in [0.1, 0.15) is 16.7 Å². The highest BCUT2D eigenvalue weighted by molar-refractivity contribution is 7.80. The molecule has 1 amide bonds. The zero-order valence-electron chi connectivity index (χ0n) is 13.1. The largest absolute Gasteiger partial charge is 0.416 e. The van der Waals surface area contributed by atoms with Crippen molar-refractivity contribution >= 4 is 39.7 Å². The maximum absolute atomic E-state index is 13.0. The maximum atomic E-state index is 13.0. The molecule has 4 nitrogen and oxygen atoms in total. The number of thiocarbonyl (C=S) groups is 1. The van der Waals surface area contributed by atoms with Crippen molar-refractivity contribution in [3.63, 3.8) is 0 Å². The van der Waals surface area contributed by atoms with Gasteiger partial charge in [-0.25, -0.2) is 9.88 Å². The summed E-state index contributed by atoms with van der Waals surface area (Å²) in [5, 5.41) is 4.47. The first-order valence-electron chi connectivity index (χ1n) is 7.29. The van der Waals surface area contributed by atoms with Gasteiger partial charge in [-0.3, -0.25) is 4.79 Å². The fourth-order valence-corrected chi connectivity index (χ4v) is 3.58. The zero-order chi connectivity index (χ0) is 20.0. The van der Waals surface area contributed by atoms with Gasteiger partial charge in [0.15, 0.2) is 10.2 Å². The smallest absolute Gasteiger partial charge is 0.350 e. The Morgan fingerprint density at radius 2 is 1.70 bits per heavy atom. The SMILES string of the molecule is O=C1C(Cc2cc(C(F)(F)F)cc(C(F)(F)F)c2)NC(=S)N1c1nccs1. The summed E-state index contributed by atoms with van der Waals surface area (Å²) in [6.45, 7) is 0. The number of rotatable bonds is 3. The lowest BCUT2D eigenvalue weighted by atomic mass is 9.99. The van der Waals surface area contributed by atoms with Gasteiger partial charge in [0.1, 0.15) is 6.04 Å². The van der Waals surface area contributed by atoms with Crippen molar-refractivity contribution in [1.29, 1.82) is 0 Å². The number of halogens is 6. The van der Waals surface area contributed by atoms with Crippen molar-refractivity contribution in [2.75, 3.05) is 4.90 Å². The van der Waals surface area contributed by atoms with Gasteiger partial charge >= 0.3 is 12.4 Å². The van der Waals surface area contributed by atoms with Gasteiger partial charge in [0, 0.05) is 18.0 Å². The number of benzene rings is 1. The van der Waals surface area contributed by atoms with E-state index in [-0.39, 0.29) is 21.9 Å². The third-order valence-corrected chi connectivity index (χ3v) is 4.77. The normalized spacial score (nSPS) is 18.1. The van der Waals surface area contributed by atoms with Crippen molar-refractivity contribution in [2.45, 2.75) is 24.8 Å². The summed E-state index contributed by atoms with van der Waals surface area (Å²) < 4.78 is 77.7. The van der Waals surface area contributed by atoms with Crippen LogP contribution in [0.5, 0.6) is 0 Å². The van der Waals surface area contributed by atoms with Crippen LogP contribution in [0.3, 0.4) is 0 Å². The van der Waals surface area contributed by atoms with E-state index >= 15 is 0 Å².